The first-order chi connectivity index (χ1) is 8.20. The lowest BCUT2D eigenvalue weighted by atomic mass is 10.0. The Balaban J connectivity index is 2.17. The molecule has 1 heterocycles. The average Bonchev–Trinajstić information content (AvgIpc) is 2.54. The fraction of sp³-hybridized carbons (Fsp3) is 0.500. The highest BCUT2D eigenvalue weighted by Crippen LogP contribution is 2.26. The molecule has 17 heavy (non-hydrogen) atoms. The van der Waals surface area contributed by atoms with Crippen LogP contribution in [0, 0.1) is 17.2 Å². The molecular weight excluding hydrogens is 276 g/mol. The van der Waals surface area contributed by atoms with Crippen molar-refractivity contribution in [3.05, 3.63) is 28.2 Å². The maximum Gasteiger partial charge on any atom is 0.100 e. The molecule has 1 aromatic carbocycles. The van der Waals surface area contributed by atoms with Gasteiger partial charge in [-0.3, -0.25) is 0 Å². The van der Waals surface area contributed by atoms with Crippen molar-refractivity contribution in [3.8, 4) is 6.07 Å². The number of anilines is 1. The maximum atomic E-state index is 8.91. The molecule has 0 N–H and O–H groups in total. The van der Waals surface area contributed by atoms with Crippen molar-refractivity contribution in [2.24, 2.45) is 5.92 Å². The fourth-order valence-electron chi connectivity index (χ4n) is 2.31. The number of hydrogen-bond donors (Lipinski definition) is 0. The summed E-state index contributed by atoms with van der Waals surface area (Å²) in [6.45, 7) is 4.58. The summed E-state index contributed by atoms with van der Waals surface area (Å²) in [7, 11) is 0. The van der Waals surface area contributed by atoms with E-state index in [0.29, 0.717) is 5.56 Å². The zero-order valence-corrected chi connectivity index (χ0v) is 11.7. The summed E-state index contributed by atoms with van der Waals surface area (Å²) in [6, 6.07) is 8.19. The molecule has 90 valence electrons. The molecule has 2 nitrogen and oxygen atoms in total. The summed E-state index contributed by atoms with van der Waals surface area (Å²) in [4.78, 5) is 2.43. The molecule has 0 amide bonds. The quantitative estimate of drug-likeness (QED) is 0.784. The molecule has 0 radical (unpaired) electrons. The summed E-state index contributed by atoms with van der Waals surface area (Å²) >= 11 is 3.46. The predicted octanol–water partition coefficient (Wildman–Crippen LogP) is 3.95. The van der Waals surface area contributed by atoms with Gasteiger partial charge in [0.25, 0.3) is 0 Å². The summed E-state index contributed by atoms with van der Waals surface area (Å²) in [6.07, 6.45) is 3.85. The van der Waals surface area contributed by atoms with Gasteiger partial charge in [-0.05, 0) is 59.3 Å². The number of nitrogens with zero attached hydrogens (tertiary/aromatic N) is 2. The van der Waals surface area contributed by atoms with Gasteiger partial charge in [-0.2, -0.15) is 5.26 Å². The van der Waals surface area contributed by atoms with Gasteiger partial charge in [0.15, 0.2) is 0 Å². The topological polar surface area (TPSA) is 27.0 Å². The molecule has 1 aliphatic rings. The van der Waals surface area contributed by atoms with E-state index in [4.69, 9.17) is 5.26 Å². The minimum Gasteiger partial charge on any atom is -0.371 e. The van der Waals surface area contributed by atoms with Gasteiger partial charge >= 0.3 is 0 Å². The number of rotatable bonds is 1. The van der Waals surface area contributed by atoms with Crippen LogP contribution in [0.2, 0.25) is 0 Å². The summed E-state index contributed by atoms with van der Waals surface area (Å²) in [5, 5.41) is 8.91. The van der Waals surface area contributed by atoms with Gasteiger partial charge in [0, 0.05) is 23.2 Å². The maximum absolute atomic E-state index is 8.91. The van der Waals surface area contributed by atoms with E-state index in [1.54, 1.807) is 0 Å². The van der Waals surface area contributed by atoms with Crippen LogP contribution >= 0.6 is 15.9 Å². The van der Waals surface area contributed by atoms with Crippen LogP contribution in [0.3, 0.4) is 0 Å². The standard InChI is InChI=1S/C14H17BrN2/c1-11-3-2-7-17(8-6-11)13-5-4-12(10-16)14(15)9-13/h4-5,9,11H,2-3,6-8H2,1H3. The molecule has 1 saturated heterocycles. The smallest absolute Gasteiger partial charge is 0.100 e. The van der Waals surface area contributed by atoms with E-state index in [1.807, 2.05) is 6.07 Å². The number of benzene rings is 1. The van der Waals surface area contributed by atoms with Crippen LogP contribution in [0.4, 0.5) is 5.69 Å². The molecule has 1 aliphatic heterocycles. The zero-order valence-electron chi connectivity index (χ0n) is 10.1. The molecular formula is C14H17BrN2. The fourth-order valence-corrected chi connectivity index (χ4v) is 2.77. The van der Waals surface area contributed by atoms with Crippen molar-refractivity contribution in [2.45, 2.75) is 26.2 Å². The molecule has 1 aromatic rings. The van der Waals surface area contributed by atoms with E-state index in [2.05, 4.69) is 46.0 Å². The Morgan fingerprint density at radius 2 is 2.18 bits per heavy atom. The third kappa shape index (κ3) is 3.01. The lowest BCUT2D eigenvalue weighted by Gasteiger charge is -2.23. The van der Waals surface area contributed by atoms with Crippen LogP contribution in [0.5, 0.6) is 0 Å². The molecule has 2 rings (SSSR count). The predicted molar refractivity (Wildman–Crippen MR) is 74.1 cm³/mol. The van der Waals surface area contributed by atoms with Crippen molar-refractivity contribution in [2.75, 3.05) is 18.0 Å². The normalized spacial score (nSPS) is 20.8. The lowest BCUT2D eigenvalue weighted by Crippen LogP contribution is -2.24. The SMILES string of the molecule is CC1CCCN(c2ccc(C#N)c(Br)c2)CC1. The van der Waals surface area contributed by atoms with Gasteiger partial charge in [0.2, 0.25) is 0 Å². The highest BCUT2D eigenvalue weighted by atomic mass is 79.9. The van der Waals surface area contributed by atoms with E-state index in [0.717, 1.165) is 23.5 Å². The molecule has 0 aromatic heterocycles. The Hall–Kier alpha value is -1.01. The first-order valence-electron chi connectivity index (χ1n) is 6.15. The summed E-state index contributed by atoms with van der Waals surface area (Å²) in [5.41, 5.74) is 1.93. The van der Waals surface area contributed by atoms with Crippen LogP contribution in [0.15, 0.2) is 22.7 Å². The van der Waals surface area contributed by atoms with Crippen LogP contribution < -0.4 is 4.90 Å². The molecule has 3 heteroatoms. The Morgan fingerprint density at radius 1 is 1.35 bits per heavy atom. The minimum absolute atomic E-state index is 0.705. The molecule has 0 bridgehead atoms. The van der Waals surface area contributed by atoms with Gasteiger partial charge in [-0.1, -0.05) is 6.92 Å². The second-order valence-electron chi connectivity index (χ2n) is 4.80. The highest BCUT2D eigenvalue weighted by Gasteiger charge is 2.14. The first kappa shape index (κ1) is 12.4. The monoisotopic (exact) mass is 292 g/mol. The highest BCUT2D eigenvalue weighted by molar-refractivity contribution is 9.10. The van der Waals surface area contributed by atoms with Gasteiger partial charge in [-0.25, -0.2) is 0 Å². The van der Waals surface area contributed by atoms with E-state index in [9.17, 15) is 0 Å². The van der Waals surface area contributed by atoms with Gasteiger partial charge < -0.3 is 4.90 Å². The number of hydrogen-bond acceptors (Lipinski definition) is 2. The van der Waals surface area contributed by atoms with Crippen LogP contribution in [-0.4, -0.2) is 13.1 Å². The van der Waals surface area contributed by atoms with E-state index in [1.165, 1.54) is 24.9 Å². The molecule has 1 fully saturated rings. The Bertz CT molecular complexity index is 436. The molecule has 1 atom stereocenters. The summed E-state index contributed by atoms with van der Waals surface area (Å²) in [5.74, 6) is 0.835. The zero-order chi connectivity index (χ0) is 12.3. The van der Waals surface area contributed by atoms with Crippen molar-refractivity contribution in [1.82, 2.24) is 0 Å². The van der Waals surface area contributed by atoms with Crippen molar-refractivity contribution < 1.29 is 0 Å². The van der Waals surface area contributed by atoms with E-state index in [-0.39, 0.29) is 0 Å². The third-order valence-electron chi connectivity index (χ3n) is 3.46. The van der Waals surface area contributed by atoms with Crippen LogP contribution in [0.25, 0.3) is 0 Å². The van der Waals surface area contributed by atoms with E-state index < -0.39 is 0 Å². The molecule has 0 aliphatic carbocycles. The van der Waals surface area contributed by atoms with Crippen LogP contribution in [-0.2, 0) is 0 Å². The van der Waals surface area contributed by atoms with Gasteiger partial charge in [0.05, 0.1) is 5.56 Å². The largest absolute Gasteiger partial charge is 0.371 e. The number of halogens is 1. The first-order valence-corrected chi connectivity index (χ1v) is 6.94. The Labute approximate surface area is 111 Å². The Morgan fingerprint density at radius 3 is 2.88 bits per heavy atom. The van der Waals surface area contributed by atoms with Crippen molar-refractivity contribution in [3.63, 3.8) is 0 Å². The molecule has 0 saturated carbocycles. The lowest BCUT2D eigenvalue weighted by molar-refractivity contribution is 0.521. The van der Waals surface area contributed by atoms with E-state index >= 15 is 0 Å². The van der Waals surface area contributed by atoms with Crippen molar-refractivity contribution >= 4 is 21.6 Å². The second kappa shape index (κ2) is 5.55. The second-order valence-corrected chi connectivity index (χ2v) is 5.65. The van der Waals surface area contributed by atoms with Gasteiger partial charge in [-0.15, -0.1) is 0 Å². The summed E-state index contributed by atoms with van der Waals surface area (Å²) < 4.78 is 0.898. The molecule has 0 spiro atoms. The van der Waals surface area contributed by atoms with Crippen LogP contribution in [0.1, 0.15) is 31.7 Å². The van der Waals surface area contributed by atoms with Gasteiger partial charge in [0.1, 0.15) is 6.07 Å². The molecule has 1 unspecified atom stereocenters. The minimum atomic E-state index is 0.705. The number of nitriles is 1. The average molecular weight is 293 g/mol. The third-order valence-corrected chi connectivity index (χ3v) is 4.11. The van der Waals surface area contributed by atoms with Crippen molar-refractivity contribution in [1.29, 1.82) is 5.26 Å². The Kier molecular flexibility index (Phi) is 4.06.